The van der Waals surface area contributed by atoms with Crippen LogP contribution >= 0.6 is 0 Å². The van der Waals surface area contributed by atoms with Gasteiger partial charge in [-0.1, -0.05) is 19.0 Å². The zero-order valence-electron chi connectivity index (χ0n) is 18.3. The van der Waals surface area contributed by atoms with Crippen LogP contribution in [0.1, 0.15) is 71.6 Å². The second-order valence-corrected chi connectivity index (χ2v) is 10.9. The zero-order chi connectivity index (χ0) is 20.2. The summed E-state index contributed by atoms with van der Waals surface area (Å²) < 4.78 is 0. The van der Waals surface area contributed by atoms with Crippen LogP contribution in [-0.2, 0) is 4.84 Å². The first-order chi connectivity index (χ1) is 13.2. The highest BCUT2D eigenvalue weighted by molar-refractivity contribution is 5.93. The third kappa shape index (κ3) is 3.04. The molecule has 0 spiro atoms. The van der Waals surface area contributed by atoms with Gasteiger partial charge in [-0.2, -0.15) is 0 Å². The Morgan fingerprint density at radius 3 is 2.61 bits per heavy atom. The second kappa shape index (κ2) is 7.24. The molecule has 5 nitrogen and oxygen atoms in total. The van der Waals surface area contributed by atoms with E-state index < -0.39 is 5.60 Å². The molecule has 4 fully saturated rings. The van der Waals surface area contributed by atoms with Crippen LogP contribution in [0, 0.1) is 28.6 Å². The van der Waals surface area contributed by atoms with Crippen molar-refractivity contribution in [3.8, 4) is 0 Å². The highest BCUT2D eigenvalue weighted by Gasteiger charge is 2.66. The standard InChI is InChI=1S/C23H40N2O3/c1-21-10-7-17(26)15-16(21)5-6-19-18(21)8-11-22(2)20(9-12-23(19,22)27)24-28-14-13-25(3)4/h16-19,26-27H,5-15H2,1-4H3/b24-20+/t16-,17+,18+,19-,21+,22-,23+/m1/s1. The van der Waals surface area contributed by atoms with Gasteiger partial charge in [0.25, 0.3) is 0 Å². The summed E-state index contributed by atoms with van der Waals surface area (Å²) in [6.07, 6.45) is 8.99. The summed E-state index contributed by atoms with van der Waals surface area (Å²) in [5.41, 5.74) is 0.466. The molecule has 0 saturated heterocycles. The minimum atomic E-state index is -0.649. The van der Waals surface area contributed by atoms with Crippen LogP contribution in [0.25, 0.3) is 0 Å². The van der Waals surface area contributed by atoms with Gasteiger partial charge in [0, 0.05) is 12.0 Å². The molecule has 0 radical (unpaired) electrons. The van der Waals surface area contributed by atoms with Gasteiger partial charge in [0.1, 0.15) is 6.61 Å². The smallest absolute Gasteiger partial charge is 0.129 e. The number of rotatable bonds is 4. The van der Waals surface area contributed by atoms with Crippen LogP contribution in [0.15, 0.2) is 5.16 Å². The number of oxime groups is 1. The molecule has 4 aliphatic rings. The fourth-order valence-electron chi connectivity index (χ4n) is 7.48. The Morgan fingerprint density at radius 1 is 1.07 bits per heavy atom. The van der Waals surface area contributed by atoms with Crippen molar-refractivity contribution in [3.05, 3.63) is 0 Å². The third-order valence-corrected chi connectivity index (χ3v) is 9.37. The molecule has 0 aliphatic heterocycles. The van der Waals surface area contributed by atoms with Crippen molar-refractivity contribution < 1.29 is 15.1 Å². The number of aliphatic hydroxyl groups is 2. The Bertz CT molecular complexity index is 623. The van der Waals surface area contributed by atoms with Crippen molar-refractivity contribution in [3.63, 3.8) is 0 Å². The molecular weight excluding hydrogens is 352 g/mol. The fraction of sp³-hybridized carbons (Fsp3) is 0.957. The maximum Gasteiger partial charge on any atom is 0.129 e. The Balaban J connectivity index is 1.54. The molecule has 5 heteroatoms. The van der Waals surface area contributed by atoms with Crippen molar-refractivity contribution in [2.45, 2.75) is 83.3 Å². The van der Waals surface area contributed by atoms with E-state index in [1.165, 1.54) is 6.42 Å². The van der Waals surface area contributed by atoms with E-state index >= 15 is 0 Å². The molecule has 4 rings (SSSR count). The second-order valence-electron chi connectivity index (χ2n) is 10.9. The zero-order valence-corrected chi connectivity index (χ0v) is 18.3. The van der Waals surface area contributed by atoms with Gasteiger partial charge >= 0.3 is 0 Å². The average molecular weight is 393 g/mol. The van der Waals surface area contributed by atoms with E-state index in [1.807, 2.05) is 14.1 Å². The summed E-state index contributed by atoms with van der Waals surface area (Å²) in [6, 6.07) is 0. The molecule has 28 heavy (non-hydrogen) atoms. The number of aliphatic hydroxyl groups excluding tert-OH is 1. The van der Waals surface area contributed by atoms with Crippen LogP contribution < -0.4 is 0 Å². The van der Waals surface area contributed by atoms with Crippen LogP contribution in [0.4, 0.5) is 0 Å². The lowest BCUT2D eigenvalue weighted by Gasteiger charge is -2.62. The molecular formula is C23H40N2O3. The molecule has 0 aromatic carbocycles. The van der Waals surface area contributed by atoms with E-state index in [9.17, 15) is 10.2 Å². The lowest BCUT2D eigenvalue weighted by Crippen LogP contribution is -2.62. The molecule has 4 saturated carbocycles. The number of likely N-dealkylation sites (N-methyl/N-ethyl adjacent to an activating group) is 1. The molecule has 0 amide bonds. The Labute approximate surface area is 170 Å². The minimum absolute atomic E-state index is 0.115. The van der Waals surface area contributed by atoms with E-state index in [0.717, 1.165) is 63.6 Å². The highest BCUT2D eigenvalue weighted by atomic mass is 16.6. The van der Waals surface area contributed by atoms with Crippen LogP contribution in [-0.4, -0.2) is 59.8 Å². The van der Waals surface area contributed by atoms with Crippen LogP contribution in [0.2, 0.25) is 0 Å². The Kier molecular flexibility index (Phi) is 5.33. The summed E-state index contributed by atoms with van der Waals surface area (Å²) in [7, 11) is 4.07. The van der Waals surface area contributed by atoms with Gasteiger partial charge in [0.2, 0.25) is 0 Å². The largest absolute Gasteiger partial charge is 0.394 e. The first-order valence-electron chi connectivity index (χ1n) is 11.5. The average Bonchev–Trinajstić information content (AvgIpc) is 2.90. The molecule has 4 aliphatic carbocycles. The third-order valence-electron chi connectivity index (χ3n) is 9.37. The van der Waals surface area contributed by atoms with Gasteiger partial charge in [-0.05, 0) is 95.1 Å². The fourth-order valence-corrected chi connectivity index (χ4v) is 7.48. The normalized spacial score (nSPS) is 49.6. The van der Waals surface area contributed by atoms with E-state index in [1.54, 1.807) is 0 Å². The molecule has 0 bridgehead atoms. The molecule has 0 heterocycles. The summed E-state index contributed by atoms with van der Waals surface area (Å²) in [4.78, 5) is 7.74. The van der Waals surface area contributed by atoms with Gasteiger partial charge in [-0.25, -0.2) is 0 Å². The SMILES string of the molecule is CN(C)CCO/N=C1\CC[C@]2(O)[C@@H]3CC[C@@H]4C[C@@H](O)CC[C@]4(C)[C@H]3CC[C@]12C. The van der Waals surface area contributed by atoms with Crippen LogP contribution in [0.5, 0.6) is 0 Å². The Hall–Kier alpha value is -0.650. The van der Waals surface area contributed by atoms with Crippen molar-refractivity contribution >= 4 is 5.71 Å². The summed E-state index contributed by atoms with van der Waals surface area (Å²) >= 11 is 0. The van der Waals surface area contributed by atoms with Crippen LogP contribution in [0.3, 0.4) is 0 Å². The number of fused-ring (bicyclic) bond motifs is 5. The van der Waals surface area contributed by atoms with Gasteiger partial charge in [0.05, 0.1) is 17.4 Å². The molecule has 2 N–H and O–H groups in total. The topological polar surface area (TPSA) is 65.3 Å². The molecule has 0 aromatic rings. The molecule has 7 atom stereocenters. The predicted octanol–water partition coefficient (Wildman–Crippen LogP) is 3.44. The van der Waals surface area contributed by atoms with Crippen molar-refractivity contribution in [2.24, 2.45) is 33.7 Å². The van der Waals surface area contributed by atoms with Crippen molar-refractivity contribution in [2.75, 3.05) is 27.2 Å². The first kappa shape index (κ1) is 20.6. The molecule has 0 unspecified atom stereocenters. The molecule has 0 aromatic heterocycles. The van der Waals surface area contributed by atoms with E-state index in [4.69, 9.17) is 4.84 Å². The number of hydrogen-bond donors (Lipinski definition) is 2. The van der Waals surface area contributed by atoms with Gasteiger partial charge in [-0.3, -0.25) is 0 Å². The Morgan fingerprint density at radius 2 is 1.86 bits per heavy atom. The van der Waals surface area contributed by atoms with Gasteiger partial charge < -0.3 is 20.0 Å². The minimum Gasteiger partial charge on any atom is -0.394 e. The van der Waals surface area contributed by atoms with Gasteiger partial charge in [0.15, 0.2) is 0 Å². The maximum atomic E-state index is 12.0. The molecule has 160 valence electrons. The quantitative estimate of drug-likeness (QED) is 0.568. The van der Waals surface area contributed by atoms with E-state index in [0.29, 0.717) is 24.4 Å². The number of hydrogen-bond acceptors (Lipinski definition) is 5. The maximum absolute atomic E-state index is 12.0. The van der Waals surface area contributed by atoms with E-state index in [2.05, 4.69) is 23.9 Å². The predicted molar refractivity (Wildman–Crippen MR) is 111 cm³/mol. The highest BCUT2D eigenvalue weighted by Crippen LogP contribution is 2.67. The summed E-state index contributed by atoms with van der Waals surface area (Å²) in [5, 5.41) is 26.8. The summed E-state index contributed by atoms with van der Waals surface area (Å²) in [6.45, 7) is 6.15. The summed E-state index contributed by atoms with van der Waals surface area (Å²) in [5.74, 6) is 1.55. The lowest BCUT2D eigenvalue weighted by molar-refractivity contribution is -0.191. The first-order valence-corrected chi connectivity index (χ1v) is 11.5. The van der Waals surface area contributed by atoms with Gasteiger partial charge in [-0.15, -0.1) is 0 Å². The van der Waals surface area contributed by atoms with Crippen molar-refractivity contribution in [1.29, 1.82) is 0 Å². The monoisotopic (exact) mass is 392 g/mol. The van der Waals surface area contributed by atoms with Crippen molar-refractivity contribution in [1.82, 2.24) is 4.90 Å². The lowest BCUT2D eigenvalue weighted by atomic mass is 9.44. The van der Waals surface area contributed by atoms with E-state index in [-0.39, 0.29) is 16.9 Å². The number of nitrogens with zero attached hydrogens (tertiary/aromatic N) is 2.